The zero-order valence-electron chi connectivity index (χ0n) is 9.15. The van der Waals surface area contributed by atoms with Crippen LogP contribution < -0.4 is 10.5 Å². The SMILES string of the molecule is Cn1ccc(COc2cc(F)c(N)cc2F)n1. The van der Waals surface area contributed by atoms with Crippen molar-refractivity contribution in [1.82, 2.24) is 9.78 Å². The molecule has 0 saturated heterocycles. The number of nitrogens with zero attached hydrogens (tertiary/aromatic N) is 2. The minimum absolute atomic E-state index is 0.0706. The van der Waals surface area contributed by atoms with Gasteiger partial charge in [-0.1, -0.05) is 0 Å². The third-order valence-corrected chi connectivity index (χ3v) is 2.20. The number of hydrogen-bond donors (Lipinski definition) is 1. The van der Waals surface area contributed by atoms with E-state index in [0.29, 0.717) is 5.69 Å². The second-order valence-electron chi connectivity index (χ2n) is 3.57. The molecule has 0 bridgehead atoms. The van der Waals surface area contributed by atoms with Crippen molar-refractivity contribution < 1.29 is 13.5 Å². The minimum atomic E-state index is -0.706. The van der Waals surface area contributed by atoms with Gasteiger partial charge in [-0.3, -0.25) is 4.68 Å². The Bertz CT molecular complexity index is 540. The molecule has 2 N–H and O–H groups in total. The standard InChI is InChI=1S/C11H11F2N3O/c1-16-3-2-7(15-16)6-17-11-5-8(12)10(14)4-9(11)13/h2-5H,6,14H2,1H3. The van der Waals surface area contributed by atoms with E-state index in [9.17, 15) is 8.78 Å². The van der Waals surface area contributed by atoms with Gasteiger partial charge in [-0.2, -0.15) is 5.10 Å². The maximum Gasteiger partial charge on any atom is 0.167 e. The lowest BCUT2D eigenvalue weighted by Gasteiger charge is -2.06. The number of ether oxygens (including phenoxy) is 1. The zero-order valence-corrected chi connectivity index (χ0v) is 9.15. The van der Waals surface area contributed by atoms with Crippen molar-refractivity contribution in [2.75, 3.05) is 5.73 Å². The molecule has 1 heterocycles. The molecule has 4 nitrogen and oxygen atoms in total. The first-order valence-electron chi connectivity index (χ1n) is 4.92. The topological polar surface area (TPSA) is 53.1 Å². The molecule has 1 aromatic heterocycles. The van der Waals surface area contributed by atoms with E-state index in [-0.39, 0.29) is 18.0 Å². The Morgan fingerprint density at radius 3 is 2.76 bits per heavy atom. The lowest BCUT2D eigenvalue weighted by molar-refractivity contribution is 0.283. The Morgan fingerprint density at radius 1 is 1.35 bits per heavy atom. The van der Waals surface area contributed by atoms with Crippen molar-refractivity contribution >= 4 is 5.69 Å². The van der Waals surface area contributed by atoms with Crippen LogP contribution >= 0.6 is 0 Å². The van der Waals surface area contributed by atoms with Crippen LogP contribution in [0.2, 0.25) is 0 Å². The maximum atomic E-state index is 13.3. The lowest BCUT2D eigenvalue weighted by Crippen LogP contribution is -2.01. The molecule has 0 aliphatic heterocycles. The van der Waals surface area contributed by atoms with E-state index in [4.69, 9.17) is 10.5 Å². The summed E-state index contributed by atoms with van der Waals surface area (Å²) in [5, 5.41) is 4.05. The summed E-state index contributed by atoms with van der Waals surface area (Å²) in [5.74, 6) is -1.58. The van der Waals surface area contributed by atoms with Gasteiger partial charge in [0.15, 0.2) is 11.6 Å². The van der Waals surface area contributed by atoms with Crippen LogP contribution in [0.5, 0.6) is 5.75 Å². The first-order valence-corrected chi connectivity index (χ1v) is 4.92. The van der Waals surface area contributed by atoms with Crippen LogP contribution in [0, 0.1) is 11.6 Å². The highest BCUT2D eigenvalue weighted by atomic mass is 19.1. The number of anilines is 1. The first-order chi connectivity index (χ1) is 8.06. The average Bonchev–Trinajstić information content (AvgIpc) is 2.68. The second-order valence-corrected chi connectivity index (χ2v) is 3.57. The van der Waals surface area contributed by atoms with Crippen molar-refractivity contribution in [1.29, 1.82) is 0 Å². The number of nitrogen functional groups attached to an aromatic ring is 1. The quantitative estimate of drug-likeness (QED) is 0.832. The highest BCUT2D eigenvalue weighted by Gasteiger charge is 2.09. The van der Waals surface area contributed by atoms with Crippen molar-refractivity contribution in [3.63, 3.8) is 0 Å². The van der Waals surface area contributed by atoms with E-state index in [1.54, 1.807) is 24.0 Å². The van der Waals surface area contributed by atoms with Crippen LogP contribution in [0.25, 0.3) is 0 Å². The number of rotatable bonds is 3. The van der Waals surface area contributed by atoms with Crippen LogP contribution in [-0.4, -0.2) is 9.78 Å². The second kappa shape index (κ2) is 4.40. The maximum absolute atomic E-state index is 13.3. The fourth-order valence-corrected chi connectivity index (χ4v) is 1.35. The predicted molar refractivity (Wildman–Crippen MR) is 58.3 cm³/mol. The molecule has 0 unspecified atom stereocenters. The number of aromatic nitrogens is 2. The molecule has 0 fully saturated rings. The van der Waals surface area contributed by atoms with Gasteiger partial charge in [0.25, 0.3) is 0 Å². The summed E-state index contributed by atoms with van der Waals surface area (Å²) in [7, 11) is 1.76. The van der Waals surface area contributed by atoms with E-state index in [0.717, 1.165) is 12.1 Å². The van der Waals surface area contributed by atoms with E-state index in [1.165, 1.54) is 0 Å². The monoisotopic (exact) mass is 239 g/mol. The summed E-state index contributed by atoms with van der Waals surface area (Å²) in [6, 6.07) is 3.54. The van der Waals surface area contributed by atoms with Crippen molar-refractivity contribution in [2.45, 2.75) is 6.61 Å². The van der Waals surface area contributed by atoms with Gasteiger partial charge in [0.1, 0.15) is 12.4 Å². The van der Waals surface area contributed by atoms with Crippen LogP contribution in [0.15, 0.2) is 24.4 Å². The molecule has 0 aliphatic rings. The normalized spacial score (nSPS) is 10.5. The molecule has 0 atom stereocenters. The van der Waals surface area contributed by atoms with Crippen molar-refractivity contribution in [2.24, 2.45) is 7.05 Å². The molecule has 0 aliphatic carbocycles. The first kappa shape index (κ1) is 11.4. The van der Waals surface area contributed by atoms with Crippen molar-refractivity contribution in [3.8, 4) is 5.75 Å². The molecule has 0 radical (unpaired) electrons. The molecule has 0 spiro atoms. The fraction of sp³-hybridized carbons (Fsp3) is 0.182. The molecule has 17 heavy (non-hydrogen) atoms. The average molecular weight is 239 g/mol. The molecule has 90 valence electrons. The summed E-state index contributed by atoms with van der Waals surface area (Å²) < 4.78 is 33.2. The molecule has 0 saturated carbocycles. The smallest absolute Gasteiger partial charge is 0.167 e. The van der Waals surface area contributed by atoms with Crippen molar-refractivity contribution in [3.05, 3.63) is 41.7 Å². The molecule has 0 amide bonds. The van der Waals surface area contributed by atoms with E-state index < -0.39 is 11.6 Å². The zero-order chi connectivity index (χ0) is 12.4. The number of aryl methyl sites for hydroxylation is 1. The van der Waals surface area contributed by atoms with Crippen LogP contribution in [-0.2, 0) is 13.7 Å². The summed E-state index contributed by atoms with van der Waals surface area (Å²) in [4.78, 5) is 0. The highest BCUT2D eigenvalue weighted by molar-refractivity contribution is 5.44. The Balaban J connectivity index is 2.11. The Kier molecular flexibility index (Phi) is 2.95. The predicted octanol–water partition coefficient (Wildman–Crippen LogP) is 1.86. The van der Waals surface area contributed by atoms with Gasteiger partial charge in [0, 0.05) is 25.4 Å². The lowest BCUT2D eigenvalue weighted by atomic mass is 10.3. The molecular weight excluding hydrogens is 228 g/mol. The Labute approximate surface area is 96.6 Å². The molecule has 2 aromatic rings. The van der Waals surface area contributed by atoms with Gasteiger partial charge >= 0.3 is 0 Å². The number of nitrogens with two attached hydrogens (primary N) is 1. The van der Waals surface area contributed by atoms with Gasteiger partial charge in [-0.05, 0) is 6.07 Å². The summed E-state index contributed by atoms with van der Waals surface area (Å²) in [5.41, 5.74) is 5.60. The largest absolute Gasteiger partial charge is 0.484 e. The molecular formula is C11H11F2N3O. The summed E-state index contributed by atoms with van der Waals surface area (Å²) in [6.07, 6.45) is 1.73. The number of halogens is 2. The molecule has 1 aromatic carbocycles. The summed E-state index contributed by atoms with van der Waals surface area (Å²) >= 11 is 0. The Hall–Kier alpha value is -2.11. The number of benzene rings is 1. The van der Waals surface area contributed by atoms with Gasteiger partial charge in [-0.15, -0.1) is 0 Å². The van der Waals surface area contributed by atoms with Gasteiger partial charge < -0.3 is 10.5 Å². The van der Waals surface area contributed by atoms with E-state index in [1.807, 2.05) is 0 Å². The Morgan fingerprint density at radius 2 is 2.12 bits per heavy atom. The number of hydrogen-bond acceptors (Lipinski definition) is 3. The van der Waals surface area contributed by atoms with Gasteiger partial charge in [0.2, 0.25) is 0 Å². The third kappa shape index (κ3) is 2.52. The summed E-state index contributed by atoms with van der Waals surface area (Å²) in [6.45, 7) is 0.0706. The third-order valence-electron chi connectivity index (χ3n) is 2.20. The molecule has 2 rings (SSSR count). The fourth-order valence-electron chi connectivity index (χ4n) is 1.35. The molecule has 6 heteroatoms. The van der Waals surface area contributed by atoms with Crippen LogP contribution in [0.3, 0.4) is 0 Å². The van der Waals surface area contributed by atoms with E-state index >= 15 is 0 Å². The highest BCUT2D eigenvalue weighted by Crippen LogP contribution is 2.23. The van der Waals surface area contributed by atoms with Crippen LogP contribution in [0.4, 0.5) is 14.5 Å². The van der Waals surface area contributed by atoms with E-state index in [2.05, 4.69) is 5.10 Å². The van der Waals surface area contributed by atoms with Gasteiger partial charge in [-0.25, -0.2) is 8.78 Å². The van der Waals surface area contributed by atoms with Crippen LogP contribution in [0.1, 0.15) is 5.69 Å². The minimum Gasteiger partial charge on any atom is -0.484 e. The van der Waals surface area contributed by atoms with Gasteiger partial charge in [0.05, 0.1) is 11.4 Å².